The standard InChI is InChI=1S/C22H38O4/c1-4-5-16-22(2,25)17-10-11-18-14-15-20(23)19(18)12-8-6-7-9-13-21(24)26-3/h10-11,18-19,25H,4-9,12-17H2,1-3H3. The van der Waals surface area contributed by atoms with Gasteiger partial charge in [0, 0.05) is 18.8 Å². The molecule has 3 unspecified atom stereocenters. The molecule has 1 fully saturated rings. The number of unbranched alkanes of at least 4 members (excludes halogenated alkanes) is 4. The van der Waals surface area contributed by atoms with Crippen LogP contribution in [-0.4, -0.2) is 29.6 Å². The van der Waals surface area contributed by atoms with Crippen molar-refractivity contribution in [3.05, 3.63) is 12.2 Å². The Bertz CT molecular complexity index is 453. The topological polar surface area (TPSA) is 63.6 Å². The summed E-state index contributed by atoms with van der Waals surface area (Å²) in [6.45, 7) is 4.04. The summed E-state index contributed by atoms with van der Waals surface area (Å²) in [5.74, 6) is 0.731. The number of methoxy groups -OCH3 is 1. The highest BCUT2D eigenvalue weighted by Crippen LogP contribution is 2.34. The van der Waals surface area contributed by atoms with E-state index in [1.165, 1.54) is 7.11 Å². The third-order valence-electron chi connectivity index (χ3n) is 5.54. The van der Waals surface area contributed by atoms with Crippen molar-refractivity contribution >= 4 is 11.8 Å². The molecule has 1 saturated carbocycles. The monoisotopic (exact) mass is 366 g/mol. The third-order valence-corrected chi connectivity index (χ3v) is 5.54. The third kappa shape index (κ3) is 8.98. The number of Topliss-reactive ketones (excluding diaryl/α,β-unsaturated/α-hetero) is 1. The van der Waals surface area contributed by atoms with Crippen LogP contribution in [0, 0.1) is 11.8 Å². The van der Waals surface area contributed by atoms with E-state index in [2.05, 4.69) is 23.8 Å². The van der Waals surface area contributed by atoms with E-state index in [0.717, 1.165) is 57.8 Å². The lowest BCUT2D eigenvalue weighted by Gasteiger charge is -2.21. The Balaban J connectivity index is 2.31. The van der Waals surface area contributed by atoms with Crippen LogP contribution >= 0.6 is 0 Å². The number of ketones is 1. The molecule has 0 amide bonds. The van der Waals surface area contributed by atoms with E-state index < -0.39 is 5.60 Å². The van der Waals surface area contributed by atoms with E-state index in [4.69, 9.17) is 0 Å². The molecule has 4 heteroatoms. The molecular weight excluding hydrogens is 328 g/mol. The molecule has 150 valence electrons. The molecule has 1 aliphatic rings. The van der Waals surface area contributed by atoms with E-state index in [1.54, 1.807) is 0 Å². The van der Waals surface area contributed by atoms with Crippen LogP contribution in [0.2, 0.25) is 0 Å². The van der Waals surface area contributed by atoms with Crippen molar-refractivity contribution in [1.82, 2.24) is 0 Å². The Morgan fingerprint density at radius 3 is 2.69 bits per heavy atom. The number of hydrogen-bond donors (Lipinski definition) is 1. The van der Waals surface area contributed by atoms with Gasteiger partial charge in [-0.1, -0.05) is 51.2 Å². The summed E-state index contributed by atoms with van der Waals surface area (Å²) in [6.07, 6.45) is 14.9. The molecule has 0 aliphatic heterocycles. The maximum absolute atomic E-state index is 12.2. The van der Waals surface area contributed by atoms with Gasteiger partial charge < -0.3 is 9.84 Å². The van der Waals surface area contributed by atoms with Gasteiger partial charge in [0.1, 0.15) is 5.78 Å². The molecule has 0 aromatic heterocycles. The Morgan fingerprint density at radius 1 is 1.27 bits per heavy atom. The number of esters is 1. The minimum absolute atomic E-state index is 0.143. The molecule has 26 heavy (non-hydrogen) atoms. The molecule has 1 rings (SSSR count). The van der Waals surface area contributed by atoms with Crippen molar-refractivity contribution in [3.63, 3.8) is 0 Å². The zero-order valence-corrected chi connectivity index (χ0v) is 17.0. The molecule has 1 N–H and O–H groups in total. The molecule has 1 aliphatic carbocycles. The SMILES string of the molecule is CCCCC(C)(O)CC=CC1CCC(=O)C1CCCCCCC(=O)OC. The molecule has 0 saturated heterocycles. The summed E-state index contributed by atoms with van der Waals surface area (Å²) in [6, 6.07) is 0. The lowest BCUT2D eigenvalue weighted by Crippen LogP contribution is -2.22. The normalized spacial score (nSPS) is 22.7. The van der Waals surface area contributed by atoms with Crippen molar-refractivity contribution in [1.29, 1.82) is 0 Å². The second kappa shape index (κ2) is 12.3. The number of allylic oxidation sites excluding steroid dienone is 1. The maximum Gasteiger partial charge on any atom is 0.305 e. The predicted octanol–water partition coefficient (Wildman–Crippen LogP) is 4.98. The first-order chi connectivity index (χ1) is 12.4. The van der Waals surface area contributed by atoms with Gasteiger partial charge in [0.2, 0.25) is 0 Å². The molecule has 3 atom stereocenters. The Hall–Kier alpha value is -1.16. The van der Waals surface area contributed by atoms with E-state index in [9.17, 15) is 14.7 Å². The van der Waals surface area contributed by atoms with Crippen LogP contribution in [0.1, 0.15) is 90.9 Å². The number of hydrogen-bond acceptors (Lipinski definition) is 4. The van der Waals surface area contributed by atoms with Gasteiger partial charge in [-0.3, -0.25) is 9.59 Å². The summed E-state index contributed by atoms with van der Waals surface area (Å²) >= 11 is 0. The van der Waals surface area contributed by atoms with Crippen molar-refractivity contribution in [2.75, 3.05) is 7.11 Å². The molecule has 0 radical (unpaired) electrons. The zero-order valence-electron chi connectivity index (χ0n) is 17.0. The lowest BCUT2D eigenvalue weighted by atomic mass is 9.88. The Kier molecular flexibility index (Phi) is 10.8. The van der Waals surface area contributed by atoms with E-state index in [0.29, 0.717) is 31.0 Å². The second-order valence-electron chi connectivity index (χ2n) is 8.04. The first-order valence-corrected chi connectivity index (χ1v) is 10.4. The summed E-state index contributed by atoms with van der Waals surface area (Å²) in [5, 5.41) is 10.4. The molecule has 0 heterocycles. The summed E-state index contributed by atoms with van der Waals surface area (Å²) in [5.41, 5.74) is -0.635. The van der Waals surface area contributed by atoms with E-state index >= 15 is 0 Å². The minimum atomic E-state index is -0.635. The molecule has 4 nitrogen and oxygen atoms in total. The molecule has 0 aromatic rings. The van der Waals surface area contributed by atoms with Gasteiger partial charge in [-0.05, 0) is 44.9 Å². The summed E-state index contributed by atoms with van der Waals surface area (Å²) in [4.78, 5) is 23.3. The van der Waals surface area contributed by atoms with Gasteiger partial charge in [0.25, 0.3) is 0 Å². The van der Waals surface area contributed by atoms with Crippen molar-refractivity contribution in [3.8, 4) is 0 Å². The largest absolute Gasteiger partial charge is 0.469 e. The van der Waals surface area contributed by atoms with Crippen LogP contribution in [0.3, 0.4) is 0 Å². The van der Waals surface area contributed by atoms with Gasteiger partial charge in [-0.25, -0.2) is 0 Å². The molecule has 0 spiro atoms. The van der Waals surface area contributed by atoms with Crippen LogP contribution in [0.25, 0.3) is 0 Å². The highest BCUT2D eigenvalue weighted by atomic mass is 16.5. The van der Waals surface area contributed by atoms with Gasteiger partial charge in [0.05, 0.1) is 12.7 Å². The fraction of sp³-hybridized carbons (Fsp3) is 0.818. The fourth-order valence-electron chi connectivity index (χ4n) is 3.79. The smallest absolute Gasteiger partial charge is 0.305 e. The molecular formula is C22H38O4. The fourth-order valence-corrected chi connectivity index (χ4v) is 3.79. The van der Waals surface area contributed by atoms with Gasteiger partial charge in [-0.15, -0.1) is 0 Å². The summed E-state index contributed by atoms with van der Waals surface area (Å²) < 4.78 is 4.64. The average Bonchev–Trinajstić information content (AvgIpc) is 2.96. The Morgan fingerprint density at radius 2 is 2.00 bits per heavy atom. The van der Waals surface area contributed by atoms with E-state index in [-0.39, 0.29) is 11.9 Å². The Labute approximate surface area is 159 Å². The number of aliphatic hydroxyl groups is 1. The van der Waals surface area contributed by atoms with Gasteiger partial charge in [-0.2, -0.15) is 0 Å². The number of carbonyl (C=O) groups is 2. The van der Waals surface area contributed by atoms with Crippen LogP contribution in [0.15, 0.2) is 12.2 Å². The van der Waals surface area contributed by atoms with Crippen LogP contribution in [0.5, 0.6) is 0 Å². The highest BCUT2D eigenvalue weighted by Gasteiger charge is 2.32. The lowest BCUT2D eigenvalue weighted by molar-refractivity contribution is -0.140. The average molecular weight is 367 g/mol. The maximum atomic E-state index is 12.2. The predicted molar refractivity (Wildman–Crippen MR) is 105 cm³/mol. The van der Waals surface area contributed by atoms with Crippen LogP contribution < -0.4 is 0 Å². The van der Waals surface area contributed by atoms with Crippen LogP contribution in [-0.2, 0) is 14.3 Å². The number of ether oxygens (including phenoxy) is 1. The number of rotatable bonds is 13. The van der Waals surface area contributed by atoms with Crippen molar-refractivity contribution in [2.45, 2.75) is 96.5 Å². The van der Waals surface area contributed by atoms with Gasteiger partial charge in [0.15, 0.2) is 0 Å². The first kappa shape index (κ1) is 22.9. The first-order valence-electron chi connectivity index (χ1n) is 10.4. The molecule has 0 bridgehead atoms. The minimum Gasteiger partial charge on any atom is -0.469 e. The highest BCUT2D eigenvalue weighted by molar-refractivity contribution is 5.83. The van der Waals surface area contributed by atoms with Crippen LogP contribution in [0.4, 0.5) is 0 Å². The van der Waals surface area contributed by atoms with Crippen molar-refractivity contribution in [2.24, 2.45) is 11.8 Å². The quantitative estimate of drug-likeness (QED) is 0.283. The van der Waals surface area contributed by atoms with Crippen molar-refractivity contribution < 1.29 is 19.4 Å². The number of carbonyl (C=O) groups excluding carboxylic acids is 2. The second-order valence-corrected chi connectivity index (χ2v) is 8.04. The van der Waals surface area contributed by atoms with Gasteiger partial charge >= 0.3 is 5.97 Å². The molecule has 0 aromatic carbocycles. The summed E-state index contributed by atoms with van der Waals surface area (Å²) in [7, 11) is 1.42. The van der Waals surface area contributed by atoms with E-state index in [1.807, 2.05) is 6.92 Å². The zero-order chi connectivity index (χ0) is 19.4.